The summed E-state index contributed by atoms with van der Waals surface area (Å²) in [6.07, 6.45) is 1.66. The van der Waals surface area contributed by atoms with Crippen molar-refractivity contribution in [3.63, 3.8) is 0 Å². The molecule has 2 aromatic rings. The first-order chi connectivity index (χ1) is 5.68. The molecular weight excluding hydrogens is 245 g/mol. The van der Waals surface area contributed by atoms with Gasteiger partial charge in [-0.25, -0.2) is 0 Å². The maximum Gasteiger partial charge on any atom is 0.248 e. The first kappa shape index (κ1) is 10.3. The zero-order valence-electron chi connectivity index (χ0n) is 6.82. The average Bonchev–Trinajstić information content (AvgIpc) is 2.33. The van der Waals surface area contributed by atoms with Crippen LogP contribution in [0.2, 0.25) is 0 Å². The van der Waals surface area contributed by atoms with E-state index in [1.807, 2.05) is 0 Å². The molecular formula is C7H7N4OY-. The minimum absolute atomic E-state index is 0. The number of aromatic amines is 1. The second-order valence-electron chi connectivity index (χ2n) is 2.47. The molecule has 0 spiro atoms. The molecule has 6 heteroatoms. The summed E-state index contributed by atoms with van der Waals surface area (Å²) in [7, 11) is 3.64. The molecule has 0 amide bonds. The Hall–Kier alpha value is -0.806. The molecule has 1 radical (unpaired) electrons. The van der Waals surface area contributed by atoms with Crippen LogP contribution in [0.25, 0.3) is 11.0 Å². The average molecular weight is 252 g/mol. The first-order valence-corrected chi connectivity index (χ1v) is 3.36. The van der Waals surface area contributed by atoms with Gasteiger partial charge in [0, 0.05) is 43.7 Å². The molecule has 0 fully saturated rings. The van der Waals surface area contributed by atoms with Crippen molar-refractivity contribution < 1.29 is 32.7 Å². The number of nitrogens with two attached hydrogens (primary N) is 1. The fraction of sp³-hybridized carbons (Fsp3) is 0. The standard InChI is InChI=1S/C7H7N4O.Y/c1-11-3-2-4-5(11)9-7(8)10-6(4)12;/h2-3H,1H2,(H3,8,9,10,12);/q-1;. The summed E-state index contributed by atoms with van der Waals surface area (Å²) in [5, 5.41) is 0.499. The van der Waals surface area contributed by atoms with Gasteiger partial charge in [-0.15, -0.1) is 7.05 Å². The molecule has 13 heavy (non-hydrogen) atoms. The predicted octanol–water partition coefficient (Wildman–Crippen LogP) is -0.0560. The Morgan fingerprint density at radius 1 is 1.62 bits per heavy atom. The van der Waals surface area contributed by atoms with Crippen LogP contribution in [-0.2, 0) is 32.7 Å². The fourth-order valence-corrected chi connectivity index (χ4v) is 1.09. The second-order valence-corrected chi connectivity index (χ2v) is 2.47. The van der Waals surface area contributed by atoms with Gasteiger partial charge in [0.1, 0.15) is 0 Å². The summed E-state index contributed by atoms with van der Waals surface area (Å²) in [6, 6.07) is 1.65. The Balaban J connectivity index is 0.000000845. The number of fused-ring (bicyclic) bond motifs is 1. The molecule has 0 saturated carbocycles. The van der Waals surface area contributed by atoms with Crippen LogP contribution in [0.5, 0.6) is 0 Å². The van der Waals surface area contributed by atoms with Crippen molar-refractivity contribution in [1.29, 1.82) is 0 Å². The van der Waals surface area contributed by atoms with E-state index < -0.39 is 0 Å². The van der Waals surface area contributed by atoms with Crippen LogP contribution in [0.15, 0.2) is 17.1 Å². The molecule has 5 nitrogen and oxygen atoms in total. The molecule has 2 heterocycles. The number of nitrogens with zero attached hydrogens (tertiary/aromatic N) is 2. The van der Waals surface area contributed by atoms with Gasteiger partial charge in [0.25, 0.3) is 0 Å². The molecule has 0 aromatic carbocycles. The molecule has 2 aromatic heterocycles. The summed E-state index contributed by atoms with van der Waals surface area (Å²) in [5.41, 5.74) is 5.61. The number of H-pyrrole nitrogens is 1. The van der Waals surface area contributed by atoms with E-state index in [9.17, 15) is 4.79 Å². The maximum atomic E-state index is 11.2. The zero-order valence-corrected chi connectivity index (χ0v) is 9.66. The van der Waals surface area contributed by atoms with Gasteiger partial charge < -0.3 is 10.3 Å². The topological polar surface area (TPSA) is 76.7 Å². The van der Waals surface area contributed by atoms with Crippen molar-refractivity contribution in [3.05, 3.63) is 29.7 Å². The summed E-state index contributed by atoms with van der Waals surface area (Å²) in [6.45, 7) is 0. The number of nitrogen functional groups attached to an aromatic ring is 1. The predicted molar refractivity (Wildman–Crippen MR) is 45.5 cm³/mol. The second kappa shape index (κ2) is 3.51. The molecule has 0 bridgehead atoms. The molecule has 0 atom stereocenters. The van der Waals surface area contributed by atoms with Crippen molar-refractivity contribution in [1.82, 2.24) is 14.5 Å². The molecule has 0 aliphatic rings. The van der Waals surface area contributed by atoms with Crippen LogP contribution in [0.4, 0.5) is 5.95 Å². The molecule has 3 N–H and O–H groups in total. The van der Waals surface area contributed by atoms with E-state index in [1.54, 1.807) is 12.3 Å². The van der Waals surface area contributed by atoms with Crippen LogP contribution in [0.3, 0.4) is 0 Å². The van der Waals surface area contributed by atoms with Crippen LogP contribution in [-0.4, -0.2) is 14.5 Å². The normalized spacial score (nSPS) is 9.85. The summed E-state index contributed by atoms with van der Waals surface area (Å²) >= 11 is 0. The summed E-state index contributed by atoms with van der Waals surface area (Å²) in [5.74, 6) is 0.108. The third kappa shape index (κ3) is 1.62. The van der Waals surface area contributed by atoms with Crippen molar-refractivity contribution in [2.24, 2.45) is 0 Å². The van der Waals surface area contributed by atoms with Crippen molar-refractivity contribution in [2.75, 3.05) is 5.73 Å². The van der Waals surface area contributed by atoms with Crippen LogP contribution >= 0.6 is 0 Å². The van der Waals surface area contributed by atoms with E-state index in [2.05, 4.69) is 17.0 Å². The third-order valence-corrected chi connectivity index (χ3v) is 1.65. The van der Waals surface area contributed by atoms with Gasteiger partial charge in [0.05, 0.1) is 0 Å². The largest absolute Gasteiger partial charge is 0.472 e. The van der Waals surface area contributed by atoms with Gasteiger partial charge in [0.2, 0.25) is 5.56 Å². The zero-order chi connectivity index (χ0) is 8.72. The minimum Gasteiger partial charge on any atom is -0.472 e. The van der Waals surface area contributed by atoms with E-state index in [1.165, 1.54) is 4.57 Å². The quantitative estimate of drug-likeness (QED) is 0.645. The monoisotopic (exact) mass is 252 g/mol. The van der Waals surface area contributed by atoms with Gasteiger partial charge in [0.15, 0.2) is 5.95 Å². The number of rotatable bonds is 0. The number of aromatic nitrogens is 3. The van der Waals surface area contributed by atoms with Gasteiger partial charge in [-0.3, -0.25) is 14.8 Å². The van der Waals surface area contributed by atoms with Crippen LogP contribution in [0.1, 0.15) is 0 Å². The molecule has 0 aliphatic heterocycles. The van der Waals surface area contributed by atoms with Crippen LogP contribution < -0.4 is 11.3 Å². The van der Waals surface area contributed by atoms with E-state index in [0.29, 0.717) is 11.0 Å². The van der Waals surface area contributed by atoms with Crippen molar-refractivity contribution >= 4 is 17.0 Å². The smallest absolute Gasteiger partial charge is 0.248 e. The van der Waals surface area contributed by atoms with Gasteiger partial charge >= 0.3 is 0 Å². The van der Waals surface area contributed by atoms with Gasteiger partial charge in [-0.05, 0) is 0 Å². The molecule has 0 saturated heterocycles. The molecule has 0 unspecified atom stereocenters. The Labute approximate surface area is 99.2 Å². The van der Waals surface area contributed by atoms with E-state index in [0.717, 1.165) is 0 Å². The number of hydrogen-bond acceptors (Lipinski definition) is 3. The Kier molecular flexibility index (Phi) is 2.78. The number of hydrogen-bond donors (Lipinski definition) is 2. The first-order valence-electron chi connectivity index (χ1n) is 3.36. The summed E-state index contributed by atoms with van der Waals surface area (Å²) in [4.78, 5) is 17.5. The SMILES string of the molecule is [CH2-]n1ccc2c(=O)[nH]c(N)nc21.[Y]. The maximum absolute atomic E-state index is 11.2. The number of nitrogens with one attached hydrogen (secondary N) is 1. The molecule has 2 rings (SSSR count). The summed E-state index contributed by atoms with van der Waals surface area (Å²) < 4.78 is 1.50. The van der Waals surface area contributed by atoms with Crippen LogP contribution in [0, 0.1) is 7.05 Å². The number of anilines is 1. The van der Waals surface area contributed by atoms with E-state index in [-0.39, 0.29) is 44.2 Å². The third-order valence-electron chi connectivity index (χ3n) is 1.65. The minimum atomic E-state index is -0.236. The Morgan fingerprint density at radius 3 is 3.00 bits per heavy atom. The van der Waals surface area contributed by atoms with Gasteiger partial charge in [-0.2, -0.15) is 0 Å². The van der Waals surface area contributed by atoms with Crippen molar-refractivity contribution in [2.45, 2.75) is 0 Å². The van der Waals surface area contributed by atoms with E-state index >= 15 is 0 Å². The Morgan fingerprint density at radius 2 is 2.31 bits per heavy atom. The van der Waals surface area contributed by atoms with Crippen molar-refractivity contribution in [3.8, 4) is 0 Å². The molecule has 0 aliphatic carbocycles. The van der Waals surface area contributed by atoms with E-state index in [4.69, 9.17) is 5.73 Å². The van der Waals surface area contributed by atoms with Gasteiger partial charge in [-0.1, -0.05) is 12.3 Å². The fourth-order valence-electron chi connectivity index (χ4n) is 1.09. The Bertz CT molecular complexity index is 487. The molecule has 65 valence electrons.